The molecule has 4 heteroatoms. The lowest BCUT2D eigenvalue weighted by atomic mass is 10.0. The first-order valence-electron chi connectivity index (χ1n) is 5.71. The Balaban J connectivity index is 2.28. The first-order valence-corrected chi connectivity index (χ1v) is 6.09. The Bertz CT molecular complexity index is 638. The molecule has 1 nitrogen and oxygen atoms in total. The number of Topliss-reactive ketones (excluding diaryl/α,β-unsaturated/α-hetero) is 1. The van der Waals surface area contributed by atoms with Crippen molar-refractivity contribution >= 4 is 17.4 Å². The van der Waals surface area contributed by atoms with Gasteiger partial charge in [-0.15, -0.1) is 0 Å². The van der Waals surface area contributed by atoms with Gasteiger partial charge in [-0.1, -0.05) is 29.8 Å². The van der Waals surface area contributed by atoms with E-state index in [9.17, 15) is 13.6 Å². The van der Waals surface area contributed by atoms with Gasteiger partial charge in [0.15, 0.2) is 5.78 Å². The molecule has 0 unspecified atom stereocenters. The van der Waals surface area contributed by atoms with Crippen molar-refractivity contribution < 1.29 is 13.6 Å². The molecule has 0 saturated carbocycles. The molecule has 0 saturated heterocycles. The Morgan fingerprint density at radius 2 is 1.95 bits per heavy atom. The lowest BCUT2D eigenvalue weighted by Gasteiger charge is -2.07. The van der Waals surface area contributed by atoms with Crippen molar-refractivity contribution in [3.05, 3.63) is 69.7 Å². The van der Waals surface area contributed by atoms with Crippen LogP contribution in [0.2, 0.25) is 5.02 Å². The highest BCUT2D eigenvalue weighted by atomic mass is 35.5. The molecule has 0 amide bonds. The van der Waals surface area contributed by atoms with E-state index in [-0.39, 0.29) is 17.8 Å². The van der Waals surface area contributed by atoms with Gasteiger partial charge < -0.3 is 0 Å². The van der Waals surface area contributed by atoms with Gasteiger partial charge in [-0.05, 0) is 30.2 Å². The monoisotopic (exact) mass is 280 g/mol. The van der Waals surface area contributed by atoms with E-state index in [1.807, 2.05) is 0 Å². The number of carbonyl (C=O) groups is 1. The van der Waals surface area contributed by atoms with Crippen molar-refractivity contribution in [3.63, 3.8) is 0 Å². The van der Waals surface area contributed by atoms with Crippen molar-refractivity contribution in [1.82, 2.24) is 0 Å². The van der Waals surface area contributed by atoms with Crippen LogP contribution in [-0.4, -0.2) is 5.78 Å². The van der Waals surface area contributed by atoms with Crippen LogP contribution in [0.25, 0.3) is 0 Å². The van der Waals surface area contributed by atoms with E-state index in [1.54, 1.807) is 25.1 Å². The van der Waals surface area contributed by atoms with Crippen LogP contribution < -0.4 is 0 Å². The van der Waals surface area contributed by atoms with Gasteiger partial charge in [-0.2, -0.15) is 0 Å². The summed E-state index contributed by atoms with van der Waals surface area (Å²) in [5.74, 6) is -1.68. The highest BCUT2D eigenvalue weighted by Gasteiger charge is 2.14. The van der Waals surface area contributed by atoms with Gasteiger partial charge in [0.2, 0.25) is 0 Å². The Morgan fingerprint density at radius 3 is 2.63 bits per heavy atom. The lowest BCUT2D eigenvalue weighted by Crippen LogP contribution is -2.06. The highest BCUT2D eigenvalue weighted by molar-refractivity contribution is 6.34. The molecule has 98 valence electrons. The SMILES string of the molecule is Cc1cccc(C(=O)Cc2ccc(F)cc2F)c1Cl. The number of benzene rings is 2. The smallest absolute Gasteiger partial charge is 0.168 e. The molecule has 0 atom stereocenters. The summed E-state index contributed by atoms with van der Waals surface area (Å²) in [5.41, 5.74) is 1.29. The molecule has 0 radical (unpaired) electrons. The van der Waals surface area contributed by atoms with Crippen LogP contribution in [0.3, 0.4) is 0 Å². The molecule has 0 spiro atoms. The summed E-state index contributed by atoms with van der Waals surface area (Å²) in [4.78, 5) is 12.1. The van der Waals surface area contributed by atoms with Crippen LogP contribution in [0.5, 0.6) is 0 Å². The molecule has 2 rings (SSSR count). The molecule has 0 fully saturated rings. The zero-order valence-corrected chi connectivity index (χ0v) is 11.0. The zero-order valence-electron chi connectivity index (χ0n) is 10.2. The third-order valence-corrected chi connectivity index (χ3v) is 3.36. The van der Waals surface area contributed by atoms with Gasteiger partial charge in [0.1, 0.15) is 11.6 Å². The third kappa shape index (κ3) is 2.99. The number of halogens is 3. The van der Waals surface area contributed by atoms with E-state index in [0.717, 1.165) is 17.7 Å². The van der Waals surface area contributed by atoms with E-state index >= 15 is 0 Å². The number of ketones is 1. The molecular weight excluding hydrogens is 270 g/mol. The molecule has 2 aromatic rings. The first-order chi connectivity index (χ1) is 8.99. The fourth-order valence-electron chi connectivity index (χ4n) is 1.80. The van der Waals surface area contributed by atoms with Crippen LogP contribution in [0.15, 0.2) is 36.4 Å². The second-order valence-electron chi connectivity index (χ2n) is 4.27. The minimum atomic E-state index is -0.725. The lowest BCUT2D eigenvalue weighted by molar-refractivity contribution is 0.0992. The minimum Gasteiger partial charge on any atom is -0.294 e. The van der Waals surface area contributed by atoms with E-state index in [1.165, 1.54) is 6.07 Å². The number of carbonyl (C=O) groups excluding carboxylic acids is 1. The van der Waals surface area contributed by atoms with Crippen LogP contribution in [0.4, 0.5) is 8.78 Å². The maximum absolute atomic E-state index is 13.5. The van der Waals surface area contributed by atoms with E-state index < -0.39 is 11.6 Å². The van der Waals surface area contributed by atoms with Gasteiger partial charge in [0.05, 0.1) is 5.02 Å². The number of hydrogen-bond acceptors (Lipinski definition) is 1. The maximum Gasteiger partial charge on any atom is 0.168 e. The first kappa shape index (κ1) is 13.7. The van der Waals surface area contributed by atoms with Crippen LogP contribution >= 0.6 is 11.6 Å². The summed E-state index contributed by atoms with van der Waals surface area (Å²) in [6, 6.07) is 8.27. The summed E-state index contributed by atoms with van der Waals surface area (Å²) in [6.07, 6.45) is -0.144. The van der Waals surface area contributed by atoms with Crippen LogP contribution in [-0.2, 0) is 6.42 Å². The summed E-state index contributed by atoms with van der Waals surface area (Å²) in [7, 11) is 0. The van der Waals surface area contributed by atoms with Gasteiger partial charge in [0.25, 0.3) is 0 Å². The molecule has 0 bridgehead atoms. The quantitative estimate of drug-likeness (QED) is 0.764. The van der Waals surface area contributed by atoms with Crippen molar-refractivity contribution in [2.24, 2.45) is 0 Å². The standard InChI is InChI=1S/C15H11ClF2O/c1-9-3-2-4-12(15(9)16)14(19)7-10-5-6-11(17)8-13(10)18/h2-6,8H,7H2,1H3. The van der Waals surface area contributed by atoms with Crippen molar-refractivity contribution in [2.75, 3.05) is 0 Å². The fraction of sp³-hybridized carbons (Fsp3) is 0.133. The molecule has 0 aliphatic carbocycles. The fourth-order valence-corrected chi connectivity index (χ4v) is 2.03. The normalized spacial score (nSPS) is 10.5. The van der Waals surface area contributed by atoms with Crippen molar-refractivity contribution in [3.8, 4) is 0 Å². The zero-order chi connectivity index (χ0) is 14.0. The third-order valence-electron chi connectivity index (χ3n) is 2.86. The van der Waals surface area contributed by atoms with Gasteiger partial charge >= 0.3 is 0 Å². The average molecular weight is 281 g/mol. The molecule has 0 aliphatic heterocycles. The van der Waals surface area contributed by atoms with Crippen LogP contribution in [0.1, 0.15) is 21.5 Å². The Kier molecular flexibility index (Phi) is 3.96. The predicted octanol–water partition coefficient (Wildman–Crippen LogP) is 4.35. The van der Waals surface area contributed by atoms with Crippen molar-refractivity contribution in [2.45, 2.75) is 13.3 Å². The van der Waals surface area contributed by atoms with Gasteiger partial charge in [-0.3, -0.25) is 4.79 Å². The second-order valence-corrected chi connectivity index (χ2v) is 4.65. The highest BCUT2D eigenvalue weighted by Crippen LogP contribution is 2.22. The second kappa shape index (κ2) is 5.49. The summed E-state index contributed by atoms with van der Waals surface area (Å²) < 4.78 is 26.3. The van der Waals surface area contributed by atoms with E-state index in [0.29, 0.717) is 10.6 Å². The molecule has 0 N–H and O–H groups in total. The molecule has 2 aromatic carbocycles. The van der Waals surface area contributed by atoms with E-state index in [2.05, 4.69) is 0 Å². The maximum atomic E-state index is 13.5. The Morgan fingerprint density at radius 1 is 1.21 bits per heavy atom. The molecular formula is C15H11ClF2O. The summed E-state index contributed by atoms with van der Waals surface area (Å²) in [6.45, 7) is 1.79. The largest absolute Gasteiger partial charge is 0.294 e. The minimum absolute atomic E-state index is 0.144. The van der Waals surface area contributed by atoms with Gasteiger partial charge in [-0.25, -0.2) is 8.78 Å². The number of hydrogen-bond donors (Lipinski definition) is 0. The number of rotatable bonds is 3. The topological polar surface area (TPSA) is 17.1 Å². The molecule has 0 aromatic heterocycles. The Labute approximate surface area is 114 Å². The Hall–Kier alpha value is -1.74. The summed E-state index contributed by atoms with van der Waals surface area (Å²) >= 11 is 6.04. The molecule has 0 aliphatic rings. The van der Waals surface area contributed by atoms with E-state index in [4.69, 9.17) is 11.6 Å². The predicted molar refractivity (Wildman–Crippen MR) is 70.6 cm³/mol. The average Bonchev–Trinajstić information content (AvgIpc) is 2.36. The van der Waals surface area contributed by atoms with Crippen LogP contribution in [0, 0.1) is 18.6 Å². The summed E-state index contributed by atoms with van der Waals surface area (Å²) in [5, 5.41) is 0.370. The number of aryl methyl sites for hydroxylation is 1. The molecule has 19 heavy (non-hydrogen) atoms. The van der Waals surface area contributed by atoms with Crippen molar-refractivity contribution in [1.29, 1.82) is 0 Å². The molecule has 0 heterocycles. The van der Waals surface area contributed by atoms with Gasteiger partial charge in [0, 0.05) is 18.1 Å².